The number of halogens is 1. The molecule has 0 unspecified atom stereocenters. The number of aromatic hydroxyl groups is 1. The topological polar surface area (TPSA) is 75.1 Å². The van der Waals surface area contributed by atoms with Crippen LogP contribution in [0.25, 0.3) is 11.1 Å². The summed E-state index contributed by atoms with van der Waals surface area (Å²) in [5.74, 6) is -0.294. The molecule has 0 radical (unpaired) electrons. The number of hydrogen-bond acceptors (Lipinski definition) is 3. The molecule has 2 aromatic rings. The fourth-order valence-electron chi connectivity index (χ4n) is 1.87. The Bertz CT molecular complexity index is 701. The molecule has 6 heteroatoms. The number of aromatic amines is 1. The average Bonchev–Trinajstić information content (AvgIpc) is 2.36. The van der Waals surface area contributed by atoms with Crippen molar-refractivity contribution in [2.24, 2.45) is 0 Å². The summed E-state index contributed by atoms with van der Waals surface area (Å²) in [7, 11) is 0. The van der Waals surface area contributed by atoms with Crippen molar-refractivity contribution < 1.29 is 5.11 Å². The molecule has 1 heterocycles. The van der Waals surface area contributed by atoms with Crippen molar-refractivity contribution in [1.29, 1.82) is 0 Å². The zero-order valence-electron chi connectivity index (χ0n) is 10.3. The number of nitrogens with zero attached hydrogens (tertiary/aromatic N) is 1. The molecule has 19 heavy (non-hydrogen) atoms. The normalized spacial score (nSPS) is 10.6. The van der Waals surface area contributed by atoms with E-state index in [1.54, 1.807) is 24.3 Å². The third kappa shape index (κ3) is 2.63. The van der Waals surface area contributed by atoms with E-state index < -0.39 is 11.2 Å². The van der Waals surface area contributed by atoms with Crippen LogP contribution in [-0.4, -0.2) is 14.7 Å². The second kappa shape index (κ2) is 5.44. The first kappa shape index (κ1) is 13.6. The molecule has 1 aromatic carbocycles. The highest BCUT2D eigenvalue weighted by molar-refractivity contribution is 9.10. The van der Waals surface area contributed by atoms with Gasteiger partial charge in [0.15, 0.2) is 0 Å². The van der Waals surface area contributed by atoms with Crippen LogP contribution < -0.4 is 11.2 Å². The lowest BCUT2D eigenvalue weighted by Gasteiger charge is -2.10. The second-order valence-corrected chi connectivity index (χ2v) is 5.03. The summed E-state index contributed by atoms with van der Waals surface area (Å²) >= 11 is 3.30. The molecule has 1 aromatic heterocycles. The minimum atomic E-state index is -0.592. The quantitative estimate of drug-likeness (QED) is 0.907. The van der Waals surface area contributed by atoms with Crippen LogP contribution in [0.4, 0.5) is 0 Å². The molecule has 0 fully saturated rings. The molecule has 0 atom stereocenters. The predicted octanol–water partition coefficient (Wildman–Crippen LogP) is 2.08. The molecule has 0 amide bonds. The number of hydrogen-bond donors (Lipinski definition) is 2. The Morgan fingerprint density at radius 1 is 1.26 bits per heavy atom. The van der Waals surface area contributed by atoms with E-state index in [9.17, 15) is 14.7 Å². The van der Waals surface area contributed by atoms with E-state index in [1.165, 1.54) is 4.57 Å². The number of nitrogens with one attached hydrogen (secondary N) is 1. The van der Waals surface area contributed by atoms with Gasteiger partial charge in [0.25, 0.3) is 5.56 Å². The lowest BCUT2D eigenvalue weighted by molar-refractivity contribution is 0.401. The van der Waals surface area contributed by atoms with Crippen molar-refractivity contribution in [2.45, 2.75) is 19.9 Å². The Labute approximate surface area is 117 Å². The molecule has 2 rings (SSSR count). The zero-order valence-corrected chi connectivity index (χ0v) is 11.9. The van der Waals surface area contributed by atoms with E-state index in [4.69, 9.17) is 0 Å². The largest absolute Gasteiger partial charge is 0.494 e. The highest BCUT2D eigenvalue weighted by atomic mass is 79.9. The molecule has 0 spiro atoms. The minimum absolute atomic E-state index is 0.112. The van der Waals surface area contributed by atoms with Crippen molar-refractivity contribution >= 4 is 15.9 Å². The van der Waals surface area contributed by atoms with Gasteiger partial charge in [-0.05, 0) is 24.1 Å². The summed E-state index contributed by atoms with van der Waals surface area (Å²) in [5.41, 5.74) is -0.505. The average molecular weight is 325 g/mol. The van der Waals surface area contributed by atoms with Crippen molar-refractivity contribution in [3.8, 4) is 17.0 Å². The number of benzene rings is 1. The molecule has 0 aliphatic rings. The summed E-state index contributed by atoms with van der Waals surface area (Å²) < 4.78 is 2.03. The fourth-order valence-corrected chi connectivity index (χ4v) is 2.13. The second-order valence-electron chi connectivity index (χ2n) is 4.12. The Hall–Kier alpha value is -1.82. The van der Waals surface area contributed by atoms with Gasteiger partial charge < -0.3 is 5.11 Å². The van der Waals surface area contributed by atoms with Crippen molar-refractivity contribution in [2.75, 3.05) is 0 Å². The van der Waals surface area contributed by atoms with E-state index >= 15 is 0 Å². The van der Waals surface area contributed by atoms with Gasteiger partial charge in [-0.3, -0.25) is 14.3 Å². The molecular formula is C13H13BrN2O3. The van der Waals surface area contributed by atoms with Gasteiger partial charge in [0, 0.05) is 11.0 Å². The van der Waals surface area contributed by atoms with Crippen LogP contribution in [0.5, 0.6) is 5.88 Å². The summed E-state index contributed by atoms with van der Waals surface area (Å²) in [6.45, 7) is 2.24. The van der Waals surface area contributed by atoms with Crippen LogP contribution in [0.2, 0.25) is 0 Å². The smallest absolute Gasteiger partial charge is 0.331 e. The first-order valence-corrected chi connectivity index (χ1v) is 6.66. The standard InChI is InChI=1S/C13H13BrN2O3/c1-2-7-16-12(18)10(11(17)15-13(16)19)8-3-5-9(14)6-4-8/h3-6,18H,2,7H2,1H3,(H,15,17,19). The van der Waals surface area contributed by atoms with Crippen LogP contribution in [0.15, 0.2) is 38.3 Å². The van der Waals surface area contributed by atoms with Crippen molar-refractivity contribution in [3.63, 3.8) is 0 Å². The highest BCUT2D eigenvalue weighted by Crippen LogP contribution is 2.25. The summed E-state index contributed by atoms with van der Waals surface area (Å²) in [5, 5.41) is 10.1. The molecular weight excluding hydrogens is 312 g/mol. The van der Waals surface area contributed by atoms with Gasteiger partial charge in [-0.1, -0.05) is 35.0 Å². The SMILES string of the molecule is CCCn1c(O)c(-c2ccc(Br)cc2)c(=O)[nH]c1=O. The van der Waals surface area contributed by atoms with Gasteiger partial charge in [0.2, 0.25) is 5.88 Å². The van der Waals surface area contributed by atoms with Crippen LogP contribution >= 0.6 is 15.9 Å². The fraction of sp³-hybridized carbons (Fsp3) is 0.231. The number of aromatic nitrogens is 2. The lowest BCUT2D eigenvalue weighted by atomic mass is 10.1. The summed E-state index contributed by atoms with van der Waals surface area (Å²) in [4.78, 5) is 25.7. The van der Waals surface area contributed by atoms with Gasteiger partial charge >= 0.3 is 5.69 Å². The third-order valence-corrected chi connectivity index (χ3v) is 3.28. The monoisotopic (exact) mass is 324 g/mol. The minimum Gasteiger partial charge on any atom is -0.494 e. The maximum Gasteiger partial charge on any atom is 0.331 e. The van der Waals surface area contributed by atoms with Crippen molar-refractivity contribution in [3.05, 3.63) is 49.6 Å². The molecule has 0 aliphatic carbocycles. The van der Waals surface area contributed by atoms with Crippen LogP contribution in [-0.2, 0) is 6.54 Å². The predicted molar refractivity (Wildman–Crippen MR) is 76.4 cm³/mol. The Balaban J connectivity index is 2.69. The highest BCUT2D eigenvalue weighted by Gasteiger charge is 2.15. The van der Waals surface area contributed by atoms with Gasteiger partial charge in [-0.25, -0.2) is 4.79 Å². The van der Waals surface area contributed by atoms with Gasteiger partial charge in [-0.2, -0.15) is 0 Å². The van der Waals surface area contributed by atoms with E-state index in [1.807, 2.05) is 6.92 Å². The molecule has 0 aliphatic heterocycles. The summed E-state index contributed by atoms with van der Waals surface area (Å²) in [6.07, 6.45) is 0.680. The van der Waals surface area contributed by atoms with E-state index in [0.29, 0.717) is 18.5 Å². The molecule has 0 bridgehead atoms. The molecule has 5 nitrogen and oxygen atoms in total. The van der Waals surface area contributed by atoms with E-state index in [2.05, 4.69) is 20.9 Å². The lowest BCUT2D eigenvalue weighted by Crippen LogP contribution is -2.30. The van der Waals surface area contributed by atoms with E-state index in [-0.39, 0.29) is 11.4 Å². The Morgan fingerprint density at radius 3 is 2.47 bits per heavy atom. The maximum atomic E-state index is 11.9. The van der Waals surface area contributed by atoms with Gasteiger partial charge in [0.05, 0.1) is 0 Å². The Morgan fingerprint density at radius 2 is 1.89 bits per heavy atom. The first-order chi connectivity index (χ1) is 9.04. The molecule has 0 saturated carbocycles. The molecule has 2 N–H and O–H groups in total. The van der Waals surface area contributed by atoms with E-state index in [0.717, 1.165) is 4.47 Å². The zero-order chi connectivity index (χ0) is 14.0. The van der Waals surface area contributed by atoms with Crippen LogP contribution in [0, 0.1) is 0 Å². The van der Waals surface area contributed by atoms with Gasteiger partial charge in [-0.15, -0.1) is 0 Å². The summed E-state index contributed by atoms with van der Waals surface area (Å²) in [6, 6.07) is 6.94. The third-order valence-electron chi connectivity index (χ3n) is 2.75. The number of rotatable bonds is 3. The van der Waals surface area contributed by atoms with Crippen molar-refractivity contribution in [1.82, 2.24) is 9.55 Å². The van der Waals surface area contributed by atoms with Crippen LogP contribution in [0.3, 0.4) is 0 Å². The molecule has 100 valence electrons. The van der Waals surface area contributed by atoms with Crippen LogP contribution in [0.1, 0.15) is 13.3 Å². The number of H-pyrrole nitrogens is 1. The van der Waals surface area contributed by atoms with Gasteiger partial charge in [0.1, 0.15) is 5.56 Å². The Kier molecular flexibility index (Phi) is 3.90. The molecule has 0 saturated heterocycles. The maximum absolute atomic E-state index is 11.9. The first-order valence-electron chi connectivity index (χ1n) is 5.86.